The number of nitrogens with zero attached hydrogens (tertiary/aromatic N) is 1. The molecule has 1 aliphatic carbocycles. The molecule has 0 saturated heterocycles. The van der Waals surface area contributed by atoms with Gasteiger partial charge in [0.1, 0.15) is 5.56 Å². The second kappa shape index (κ2) is 5.37. The maximum atomic E-state index is 12.2. The smallest absolute Gasteiger partial charge is 0.361 e. The van der Waals surface area contributed by atoms with Gasteiger partial charge in [0.15, 0.2) is 0 Å². The number of carbonyl (C=O) groups is 3. The van der Waals surface area contributed by atoms with Crippen LogP contribution in [0.5, 0.6) is 0 Å². The molecule has 8 heteroatoms. The molecule has 0 radical (unpaired) electrons. The Balaban J connectivity index is 2.43. The van der Waals surface area contributed by atoms with E-state index in [2.05, 4.69) is 9.89 Å². The third-order valence-corrected chi connectivity index (χ3v) is 3.44. The second-order valence-corrected chi connectivity index (χ2v) is 4.70. The lowest BCUT2D eigenvalue weighted by Gasteiger charge is -2.09. The Bertz CT molecular complexity index is 590. The minimum absolute atomic E-state index is 0.140. The minimum atomic E-state index is -0.823. The van der Waals surface area contributed by atoms with Crippen LogP contribution in [0, 0.1) is 0 Å². The number of ketones is 2. The third-order valence-electron chi connectivity index (χ3n) is 2.38. The van der Waals surface area contributed by atoms with Crippen molar-refractivity contribution in [2.45, 2.75) is 0 Å². The van der Waals surface area contributed by atoms with Gasteiger partial charge in [0, 0.05) is 18.4 Å². The maximum Gasteiger partial charge on any atom is 0.361 e. The molecule has 19 heavy (non-hydrogen) atoms. The van der Waals surface area contributed by atoms with Crippen LogP contribution in [0.15, 0.2) is 15.5 Å². The summed E-state index contributed by atoms with van der Waals surface area (Å²) in [6, 6.07) is 0. The number of ether oxygens (including phenoxy) is 1. The number of thioether (sulfide) groups is 1. The number of hydrogen-bond acceptors (Lipinski definition) is 8. The normalized spacial score (nSPS) is 14.1. The van der Waals surface area contributed by atoms with Gasteiger partial charge in [0.05, 0.1) is 12.0 Å². The first-order valence-electron chi connectivity index (χ1n) is 5.31. The van der Waals surface area contributed by atoms with E-state index in [-0.39, 0.29) is 21.9 Å². The number of aromatic nitrogens is 1. The Hall–Kier alpha value is -1.93. The molecule has 2 N–H and O–H groups in total. The summed E-state index contributed by atoms with van der Waals surface area (Å²) in [5.74, 6) is -1.55. The summed E-state index contributed by atoms with van der Waals surface area (Å²) in [6.07, 6.45) is 1.16. The monoisotopic (exact) mass is 282 g/mol. The molecule has 0 saturated carbocycles. The highest BCUT2D eigenvalue weighted by atomic mass is 32.2. The summed E-state index contributed by atoms with van der Waals surface area (Å²) in [5, 5.41) is 3.43. The fourth-order valence-electron chi connectivity index (χ4n) is 1.55. The van der Waals surface area contributed by atoms with Gasteiger partial charge in [-0.2, -0.15) is 0 Å². The zero-order valence-corrected chi connectivity index (χ0v) is 10.8. The number of rotatable bonds is 4. The van der Waals surface area contributed by atoms with Crippen molar-refractivity contribution in [2.75, 3.05) is 19.4 Å². The first-order valence-corrected chi connectivity index (χ1v) is 6.30. The van der Waals surface area contributed by atoms with E-state index < -0.39 is 17.5 Å². The summed E-state index contributed by atoms with van der Waals surface area (Å²) in [5.41, 5.74) is 4.93. The Labute approximate surface area is 112 Å². The van der Waals surface area contributed by atoms with E-state index in [1.165, 1.54) is 0 Å². The number of hydrogen-bond donors (Lipinski definition) is 1. The van der Waals surface area contributed by atoms with E-state index in [0.29, 0.717) is 12.3 Å². The summed E-state index contributed by atoms with van der Waals surface area (Å²) in [4.78, 5) is 35.6. The van der Waals surface area contributed by atoms with Gasteiger partial charge in [0.2, 0.25) is 23.0 Å². The first kappa shape index (κ1) is 13.5. The van der Waals surface area contributed by atoms with Crippen LogP contribution in [0.3, 0.4) is 0 Å². The predicted octanol–water partition coefficient (Wildman–Crippen LogP) is 0.416. The van der Waals surface area contributed by atoms with Crippen molar-refractivity contribution in [1.82, 2.24) is 5.16 Å². The van der Waals surface area contributed by atoms with Crippen LogP contribution in [0.2, 0.25) is 0 Å². The van der Waals surface area contributed by atoms with Gasteiger partial charge in [-0.1, -0.05) is 5.16 Å². The van der Waals surface area contributed by atoms with Crippen LogP contribution < -0.4 is 5.73 Å². The third kappa shape index (κ3) is 2.32. The molecule has 7 nitrogen and oxygen atoms in total. The maximum absolute atomic E-state index is 12.2. The highest BCUT2D eigenvalue weighted by Gasteiger charge is 2.36. The molecule has 0 spiro atoms. The van der Waals surface area contributed by atoms with E-state index in [1.807, 2.05) is 0 Å². The van der Waals surface area contributed by atoms with Gasteiger partial charge < -0.3 is 15.0 Å². The topological polar surface area (TPSA) is 112 Å². The number of allylic oxidation sites excluding steroid dienone is 2. The van der Waals surface area contributed by atoms with Crippen LogP contribution in [0.1, 0.15) is 31.4 Å². The molecule has 0 amide bonds. The molecule has 1 aromatic heterocycles. The average molecular weight is 282 g/mol. The average Bonchev–Trinajstić information content (AvgIpc) is 2.85. The van der Waals surface area contributed by atoms with Gasteiger partial charge in [-0.25, -0.2) is 4.79 Å². The number of esters is 1. The molecule has 0 atom stereocenters. The highest BCUT2D eigenvalue weighted by Crippen LogP contribution is 2.30. The Kier molecular flexibility index (Phi) is 3.82. The highest BCUT2D eigenvalue weighted by molar-refractivity contribution is 8.04. The second-order valence-electron chi connectivity index (χ2n) is 3.57. The summed E-state index contributed by atoms with van der Waals surface area (Å²) < 4.78 is 9.24. The van der Waals surface area contributed by atoms with Crippen molar-refractivity contribution in [2.24, 2.45) is 5.73 Å². The number of Topliss-reactive ketones (excluding diaryl/α,β-unsaturated/α-hetero) is 1. The van der Waals surface area contributed by atoms with Gasteiger partial charge in [0.25, 0.3) is 0 Å². The lowest BCUT2D eigenvalue weighted by molar-refractivity contribution is 0.0586. The van der Waals surface area contributed by atoms with Gasteiger partial charge in [-0.3, -0.25) is 9.59 Å². The first-order chi connectivity index (χ1) is 9.10. The summed E-state index contributed by atoms with van der Waals surface area (Å²) in [7, 11) is 1.15. The summed E-state index contributed by atoms with van der Waals surface area (Å²) in [6.45, 7) is 0.365. The molecule has 1 aromatic rings. The van der Waals surface area contributed by atoms with E-state index in [0.717, 1.165) is 24.9 Å². The molecule has 1 aliphatic rings. The number of methoxy groups -OCH3 is 1. The molecule has 0 unspecified atom stereocenters. The van der Waals surface area contributed by atoms with Crippen molar-refractivity contribution >= 4 is 29.3 Å². The molecule has 2 rings (SSSR count). The minimum Gasteiger partial charge on any atom is -0.464 e. The van der Waals surface area contributed by atoms with E-state index in [1.54, 1.807) is 0 Å². The number of nitrogens with two attached hydrogens (primary N) is 1. The van der Waals surface area contributed by atoms with Crippen molar-refractivity contribution in [1.29, 1.82) is 0 Å². The summed E-state index contributed by atoms with van der Waals surface area (Å²) >= 11 is 1.15. The van der Waals surface area contributed by atoms with E-state index >= 15 is 0 Å². The van der Waals surface area contributed by atoms with E-state index in [4.69, 9.17) is 10.3 Å². The van der Waals surface area contributed by atoms with Crippen molar-refractivity contribution in [3.05, 3.63) is 28.0 Å². The molecule has 0 fully saturated rings. The Morgan fingerprint density at radius 2 is 2.26 bits per heavy atom. The molecule has 1 heterocycles. The van der Waals surface area contributed by atoms with Gasteiger partial charge in [-0.05, 0) is 0 Å². The fourth-order valence-corrected chi connectivity index (χ4v) is 2.32. The van der Waals surface area contributed by atoms with Crippen LogP contribution in [0.4, 0.5) is 0 Å². The van der Waals surface area contributed by atoms with Gasteiger partial charge in [-0.15, -0.1) is 11.8 Å². The molecular formula is C11H10N2O5S. The van der Waals surface area contributed by atoms with Crippen LogP contribution in [0.25, 0.3) is 0 Å². The number of fused-ring (bicyclic) bond motifs is 1. The quantitative estimate of drug-likeness (QED) is 0.790. The zero-order chi connectivity index (χ0) is 14.0. The molecule has 0 aromatic carbocycles. The Morgan fingerprint density at radius 3 is 2.89 bits per heavy atom. The molecule has 0 aliphatic heterocycles. The lowest BCUT2D eigenvalue weighted by Crippen LogP contribution is -2.18. The largest absolute Gasteiger partial charge is 0.464 e. The standard InChI is InChI=1S/C11H10N2O5S/c1-17-11(16)8-7-9(15)6(19-3-2-12)4-5(14)10(7)18-13-8/h4H,2-3,12H2,1H3. The van der Waals surface area contributed by atoms with Gasteiger partial charge >= 0.3 is 5.97 Å². The Morgan fingerprint density at radius 1 is 1.53 bits per heavy atom. The predicted molar refractivity (Wildman–Crippen MR) is 66.1 cm³/mol. The SMILES string of the molecule is COC(=O)c1noc2c1C(=O)C(SCCN)=CC2=O. The van der Waals surface area contributed by atoms with Crippen LogP contribution in [-0.2, 0) is 4.74 Å². The van der Waals surface area contributed by atoms with Crippen LogP contribution >= 0.6 is 11.8 Å². The molecule has 0 bridgehead atoms. The fraction of sp³-hybridized carbons (Fsp3) is 0.273. The van der Waals surface area contributed by atoms with E-state index in [9.17, 15) is 14.4 Å². The van der Waals surface area contributed by atoms with Crippen molar-refractivity contribution in [3.8, 4) is 0 Å². The van der Waals surface area contributed by atoms with Crippen LogP contribution in [-0.4, -0.2) is 42.1 Å². The molecule has 100 valence electrons. The van der Waals surface area contributed by atoms with Crippen molar-refractivity contribution < 1.29 is 23.6 Å². The molecular weight excluding hydrogens is 272 g/mol. The number of carbonyl (C=O) groups excluding carboxylic acids is 3. The van der Waals surface area contributed by atoms with Crippen molar-refractivity contribution in [3.63, 3.8) is 0 Å². The lowest BCUT2D eigenvalue weighted by atomic mass is 10.00. The zero-order valence-electron chi connectivity index (χ0n) is 9.97.